The van der Waals surface area contributed by atoms with Crippen molar-refractivity contribution in [3.63, 3.8) is 0 Å². The van der Waals surface area contributed by atoms with E-state index in [9.17, 15) is 0 Å². The van der Waals surface area contributed by atoms with Crippen molar-refractivity contribution in [1.29, 1.82) is 0 Å². The lowest BCUT2D eigenvalue weighted by molar-refractivity contribution is 0.257. The molecule has 0 saturated carbocycles. The van der Waals surface area contributed by atoms with Crippen LogP contribution in [0.5, 0.6) is 0 Å². The summed E-state index contributed by atoms with van der Waals surface area (Å²) in [5.74, 6) is 1.35. The summed E-state index contributed by atoms with van der Waals surface area (Å²) in [5, 5.41) is 3.85. The molecule has 114 valence electrons. The van der Waals surface area contributed by atoms with Gasteiger partial charge in [0, 0.05) is 20.4 Å². The number of hydrogen-bond donors (Lipinski definition) is 1. The molecule has 0 atom stereocenters. The highest BCUT2D eigenvalue weighted by Gasteiger charge is 2.32. The minimum absolute atomic E-state index is 0.0145. The fourth-order valence-corrected chi connectivity index (χ4v) is 4.14. The van der Waals surface area contributed by atoms with E-state index >= 15 is 0 Å². The van der Waals surface area contributed by atoms with Gasteiger partial charge in [0.05, 0.1) is 0 Å². The van der Waals surface area contributed by atoms with Crippen molar-refractivity contribution in [2.75, 3.05) is 5.73 Å². The molecule has 0 aliphatic heterocycles. The summed E-state index contributed by atoms with van der Waals surface area (Å²) in [6.07, 6.45) is 3.96. The maximum atomic E-state index is 5.72. The quantitative estimate of drug-likeness (QED) is 0.680. The third-order valence-corrected chi connectivity index (χ3v) is 5.81. The van der Waals surface area contributed by atoms with Gasteiger partial charge in [0.15, 0.2) is 5.82 Å². The monoisotopic (exact) mass is 414 g/mol. The maximum absolute atomic E-state index is 5.72. The molecule has 0 radical (unpaired) electrons. The van der Waals surface area contributed by atoms with Crippen molar-refractivity contribution in [2.45, 2.75) is 44.9 Å². The smallest absolute Gasteiger partial charge is 0.167 e. The van der Waals surface area contributed by atoms with E-state index in [0.29, 0.717) is 5.82 Å². The average molecular weight is 416 g/mol. The first-order valence-electron chi connectivity index (χ1n) is 7.18. The topological polar surface area (TPSA) is 52.0 Å². The molecule has 1 aromatic carbocycles. The Hall–Kier alpha value is -0.810. The van der Waals surface area contributed by atoms with E-state index in [0.717, 1.165) is 40.4 Å². The zero-order chi connectivity index (χ0) is 15.5. The molecule has 0 amide bonds. The Kier molecular flexibility index (Phi) is 5.49. The first-order valence-corrected chi connectivity index (χ1v) is 8.76. The summed E-state index contributed by atoms with van der Waals surface area (Å²) in [7, 11) is 0. The van der Waals surface area contributed by atoms with Crippen LogP contribution in [-0.4, -0.2) is 5.16 Å². The van der Waals surface area contributed by atoms with Crippen molar-refractivity contribution in [3.8, 4) is 0 Å². The van der Waals surface area contributed by atoms with Crippen molar-refractivity contribution in [1.82, 2.24) is 5.16 Å². The molecule has 0 saturated heterocycles. The molecule has 2 rings (SSSR count). The van der Waals surface area contributed by atoms with Gasteiger partial charge in [0.25, 0.3) is 0 Å². The van der Waals surface area contributed by atoms with Crippen LogP contribution in [0, 0.1) is 0 Å². The highest BCUT2D eigenvalue weighted by atomic mass is 79.9. The van der Waals surface area contributed by atoms with E-state index < -0.39 is 0 Å². The van der Waals surface area contributed by atoms with Crippen molar-refractivity contribution < 1.29 is 4.52 Å². The molecule has 2 N–H and O–H groups in total. The Morgan fingerprint density at radius 2 is 1.81 bits per heavy atom. The molecule has 1 heterocycles. The second-order valence-electron chi connectivity index (χ2n) is 5.30. The minimum Gasteiger partial charge on any atom is -0.381 e. The van der Waals surface area contributed by atoms with Gasteiger partial charge in [-0.15, -0.1) is 0 Å². The summed E-state index contributed by atoms with van der Waals surface area (Å²) in [4.78, 5) is 0. The van der Waals surface area contributed by atoms with Crippen LogP contribution in [0.25, 0.3) is 0 Å². The first-order chi connectivity index (χ1) is 10.0. The van der Waals surface area contributed by atoms with Gasteiger partial charge in [-0.05, 0) is 43.4 Å². The lowest BCUT2D eigenvalue weighted by Gasteiger charge is -2.29. The average Bonchev–Trinajstić information content (AvgIpc) is 2.90. The van der Waals surface area contributed by atoms with Gasteiger partial charge in [-0.25, -0.2) is 0 Å². The molecule has 2 aromatic rings. The SMILES string of the molecule is CCC(CC)(CCc1c(Br)cccc1Br)c1cc(N)no1. The van der Waals surface area contributed by atoms with E-state index in [2.05, 4.69) is 63.0 Å². The van der Waals surface area contributed by atoms with Crippen molar-refractivity contribution in [3.05, 3.63) is 44.5 Å². The normalized spacial score (nSPS) is 11.8. The summed E-state index contributed by atoms with van der Waals surface area (Å²) >= 11 is 7.27. The van der Waals surface area contributed by atoms with Crippen LogP contribution < -0.4 is 5.73 Å². The zero-order valence-electron chi connectivity index (χ0n) is 12.3. The predicted octanol–water partition coefficient (Wildman–Crippen LogP) is 5.47. The Morgan fingerprint density at radius 1 is 1.19 bits per heavy atom. The molecule has 0 spiro atoms. The molecule has 0 unspecified atom stereocenters. The zero-order valence-corrected chi connectivity index (χ0v) is 15.5. The number of nitrogens with two attached hydrogens (primary N) is 1. The molecule has 0 fully saturated rings. The fraction of sp³-hybridized carbons (Fsp3) is 0.438. The van der Waals surface area contributed by atoms with Gasteiger partial charge in [-0.3, -0.25) is 0 Å². The van der Waals surface area contributed by atoms with Gasteiger partial charge in [0.2, 0.25) is 0 Å². The van der Waals surface area contributed by atoms with Gasteiger partial charge in [-0.2, -0.15) is 0 Å². The number of aromatic nitrogens is 1. The second kappa shape index (κ2) is 6.97. The largest absolute Gasteiger partial charge is 0.381 e. The molecule has 0 aliphatic carbocycles. The van der Waals surface area contributed by atoms with E-state index in [-0.39, 0.29) is 5.41 Å². The molecule has 5 heteroatoms. The molecule has 3 nitrogen and oxygen atoms in total. The highest BCUT2D eigenvalue weighted by molar-refractivity contribution is 9.11. The van der Waals surface area contributed by atoms with Gasteiger partial charge in [0.1, 0.15) is 5.76 Å². The number of benzene rings is 1. The number of anilines is 1. The summed E-state index contributed by atoms with van der Waals surface area (Å²) in [5.41, 5.74) is 6.99. The Morgan fingerprint density at radius 3 is 2.29 bits per heavy atom. The molecule has 0 aliphatic rings. The minimum atomic E-state index is -0.0145. The van der Waals surface area contributed by atoms with Crippen molar-refractivity contribution in [2.24, 2.45) is 0 Å². The third-order valence-electron chi connectivity index (χ3n) is 4.32. The van der Waals surface area contributed by atoms with Crippen LogP contribution in [0.15, 0.2) is 37.7 Å². The second-order valence-corrected chi connectivity index (χ2v) is 7.01. The lowest BCUT2D eigenvalue weighted by atomic mass is 9.75. The van der Waals surface area contributed by atoms with Crippen LogP contribution in [0.4, 0.5) is 5.82 Å². The molecular formula is C16H20Br2N2O. The summed E-state index contributed by atoms with van der Waals surface area (Å²) in [6, 6.07) is 8.04. The van der Waals surface area contributed by atoms with Crippen LogP contribution in [0.3, 0.4) is 0 Å². The predicted molar refractivity (Wildman–Crippen MR) is 93.3 cm³/mol. The Balaban J connectivity index is 2.25. The summed E-state index contributed by atoms with van der Waals surface area (Å²) < 4.78 is 7.73. The van der Waals surface area contributed by atoms with Crippen molar-refractivity contribution >= 4 is 37.7 Å². The summed E-state index contributed by atoms with van der Waals surface area (Å²) in [6.45, 7) is 4.38. The molecular weight excluding hydrogens is 396 g/mol. The Labute approximate surface area is 142 Å². The highest BCUT2D eigenvalue weighted by Crippen LogP contribution is 2.38. The van der Waals surface area contributed by atoms with Crippen LogP contribution in [-0.2, 0) is 11.8 Å². The fourth-order valence-electron chi connectivity index (χ4n) is 2.75. The molecule has 21 heavy (non-hydrogen) atoms. The first kappa shape index (κ1) is 16.6. The maximum Gasteiger partial charge on any atom is 0.167 e. The van der Waals surface area contributed by atoms with Crippen LogP contribution >= 0.6 is 31.9 Å². The number of nitrogen functional groups attached to an aromatic ring is 1. The molecule has 0 bridgehead atoms. The van der Waals surface area contributed by atoms with Crippen LogP contribution in [0.1, 0.15) is 44.4 Å². The Bertz CT molecular complexity index is 586. The lowest BCUT2D eigenvalue weighted by Crippen LogP contribution is -2.25. The molecule has 1 aromatic heterocycles. The van der Waals surface area contributed by atoms with E-state index in [1.165, 1.54) is 5.56 Å². The van der Waals surface area contributed by atoms with Crippen LogP contribution in [0.2, 0.25) is 0 Å². The van der Waals surface area contributed by atoms with E-state index in [1.807, 2.05) is 12.1 Å². The third kappa shape index (κ3) is 3.51. The number of halogens is 2. The van der Waals surface area contributed by atoms with Gasteiger partial charge in [-0.1, -0.05) is 56.9 Å². The number of nitrogens with zero attached hydrogens (tertiary/aromatic N) is 1. The van der Waals surface area contributed by atoms with Gasteiger partial charge < -0.3 is 10.3 Å². The van der Waals surface area contributed by atoms with E-state index in [4.69, 9.17) is 10.3 Å². The number of hydrogen-bond acceptors (Lipinski definition) is 3. The van der Waals surface area contributed by atoms with Gasteiger partial charge >= 0.3 is 0 Å². The van der Waals surface area contributed by atoms with E-state index in [1.54, 1.807) is 0 Å². The number of rotatable bonds is 6. The standard InChI is InChI=1S/C16H20Br2N2O/c1-3-16(4-2,14-10-15(19)20-21-14)9-8-11-12(17)6-5-7-13(11)18/h5-7,10H,3-4,8-9H2,1-2H3,(H2,19,20).